The molecule has 0 amide bonds. The van der Waals surface area contributed by atoms with E-state index in [0.29, 0.717) is 0 Å². The van der Waals surface area contributed by atoms with Crippen LogP contribution in [0.3, 0.4) is 0 Å². The van der Waals surface area contributed by atoms with Crippen molar-refractivity contribution in [3.63, 3.8) is 0 Å². The van der Waals surface area contributed by atoms with Gasteiger partial charge in [-0.05, 0) is 0 Å². The minimum atomic E-state index is 0. The number of aryl methyl sites for hydroxylation is 1. The van der Waals surface area contributed by atoms with Crippen LogP contribution in [-0.4, -0.2) is 4.98 Å². The molecule has 0 saturated carbocycles. The zero-order valence-corrected chi connectivity index (χ0v) is 6.38. The van der Waals surface area contributed by atoms with Crippen molar-refractivity contribution in [3.8, 4) is 0 Å². The third-order valence-corrected chi connectivity index (χ3v) is 0.686. The number of rotatable bonds is 0. The Bertz CT molecular complexity index is 119. The first-order valence-electron chi connectivity index (χ1n) is 1.91. The number of H-pyrrole nitrogens is 1. The summed E-state index contributed by atoms with van der Waals surface area (Å²) in [5.74, 6) is 0. The largest absolute Gasteiger partial charge is 3.00 e. The molecule has 4 heteroatoms. The summed E-state index contributed by atoms with van der Waals surface area (Å²) in [6, 6.07) is 1.97. The summed E-state index contributed by atoms with van der Waals surface area (Å²) in [7, 11) is 0. The normalized spacial score (nSPS) is 5.89. The molecule has 1 N–H and O–H groups in total. The van der Waals surface area contributed by atoms with Crippen LogP contribution in [-0.2, 0) is 19.5 Å². The first-order chi connectivity index (χ1) is 2.89. The molecule has 54 valence electrons. The van der Waals surface area contributed by atoms with Crippen LogP contribution in [0.2, 0.25) is 0 Å². The van der Waals surface area contributed by atoms with E-state index in [1.54, 1.807) is 0 Å². The van der Waals surface area contributed by atoms with Crippen LogP contribution in [0.5, 0.6) is 0 Å². The van der Waals surface area contributed by atoms with E-state index >= 15 is 0 Å². The average Bonchev–Trinajstić information content (AvgIpc) is 1.86. The molecule has 0 bridgehead atoms. The van der Waals surface area contributed by atoms with Crippen LogP contribution in [0.25, 0.3) is 0 Å². The Labute approximate surface area is 65.3 Å². The molecule has 0 saturated heterocycles. The zero-order valence-electron chi connectivity index (χ0n) is 4.74. The first-order valence-corrected chi connectivity index (χ1v) is 1.91. The molecule has 0 fully saturated rings. The number of hydrogen-bond acceptors (Lipinski definition) is 0. The van der Waals surface area contributed by atoms with Crippen LogP contribution >= 0.6 is 0 Å². The van der Waals surface area contributed by atoms with Gasteiger partial charge in [-0.2, -0.15) is 17.8 Å². The maximum Gasteiger partial charge on any atom is 3.00 e. The van der Waals surface area contributed by atoms with E-state index in [1.807, 2.05) is 19.2 Å². The second kappa shape index (κ2) is 7.76. The molecule has 1 heterocycles. The zero-order chi connectivity index (χ0) is 4.41. The SMILES string of the molecule is Cc1[c-][nH]cc1.[F-].[F-].[Rh+3]. The Hall–Kier alpha value is -0.237. The Morgan fingerprint density at radius 1 is 1.44 bits per heavy atom. The second-order valence-electron chi connectivity index (χ2n) is 1.29. The summed E-state index contributed by atoms with van der Waals surface area (Å²) in [6.45, 7) is 2.00. The topological polar surface area (TPSA) is 15.8 Å². The van der Waals surface area contributed by atoms with Crippen molar-refractivity contribution in [1.29, 1.82) is 0 Å². The summed E-state index contributed by atoms with van der Waals surface area (Å²) >= 11 is 0. The van der Waals surface area contributed by atoms with Gasteiger partial charge in [0.25, 0.3) is 0 Å². The fourth-order valence-corrected chi connectivity index (χ4v) is 0.364. The molecule has 1 rings (SSSR count). The van der Waals surface area contributed by atoms with E-state index < -0.39 is 0 Å². The number of aromatic nitrogens is 1. The van der Waals surface area contributed by atoms with Crippen molar-refractivity contribution in [1.82, 2.24) is 4.98 Å². The van der Waals surface area contributed by atoms with Crippen LogP contribution in [0.4, 0.5) is 0 Å². The quantitative estimate of drug-likeness (QED) is 0.334. The van der Waals surface area contributed by atoms with Gasteiger partial charge in [-0.15, -0.1) is 6.20 Å². The van der Waals surface area contributed by atoms with Crippen molar-refractivity contribution in [2.45, 2.75) is 6.92 Å². The van der Waals surface area contributed by atoms with Gasteiger partial charge in [-0.25, -0.2) is 0 Å². The number of aromatic amines is 1. The van der Waals surface area contributed by atoms with Crippen LogP contribution in [0.15, 0.2) is 12.3 Å². The van der Waals surface area contributed by atoms with Crippen molar-refractivity contribution in [2.75, 3.05) is 0 Å². The molecule has 0 radical (unpaired) electrons. The van der Waals surface area contributed by atoms with E-state index in [-0.39, 0.29) is 28.9 Å². The molecule has 0 aliphatic rings. The molecule has 1 aromatic rings. The van der Waals surface area contributed by atoms with Crippen LogP contribution in [0, 0.1) is 13.1 Å². The second-order valence-corrected chi connectivity index (χ2v) is 1.29. The molecule has 0 atom stereocenters. The summed E-state index contributed by atoms with van der Waals surface area (Å²) in [6.07, 6.45) is 4.73. The van der Waals surface area contributed by atoms with Crippen molar-refractivity contribution in [2.24, 2.45) is 0 Å². The van der Waals surface area contributed by atoms with Crippen molar-refractivity contribution >= 4 is 0 Å². The van der Waals surface area contributed by atoms with Crippen LogP contribution < -0.4 is 9.41 Å². The van der Waals surface area contributed by atoms with Gasteiger partial charge in [0.2, 0.25) is 0 Å². The standard InChI is InChI=1S/C5H6N.2FH.Rh/c1-5-2-3-6-4-5;;;/h2-3,6H,1H3;2*1H;/q-1;;;+3/p-2. The summed E-state index contributed by atoms with van der Waals surface area (Å²) in [5, 5.41) is 0. The van der Waals surface area contributed by atoms with Gasteiger partial charge in [0.1, 0.15) is 0 Å². The van der Waals surface area contributed by atoms with E-state index in [2.05, 4.69) is 11.2 Å². The van der Waals surface area contributed by atoms with Crippen molar-refractivity contribution < 1.29 is 28.9 Å². The van der Waals surface area contributed by atoms with E-state index in [0.717, 1.165) is 5.56 Å². The molecule has 0 aliphatic carbocycles. The van der Waals surface area contributed by atoms with Gasteiger partial charge in [-0.1, -0.05) is 6.92 Å². The maximum absolute atomic E-state index is 2.88. The minimum absolute atomic E-state index is 0. The fourth-order valence-electron chi connectivity index (χ4n) is 0.364. The van der Waals surface area contributed by atoms with Gasteiger partial charge in [0.05, 0.1) is 0 Å². The molecule has 0 spiro atoms. The third-order valence-electron chi connectivity index (χ3n) is 0.686. The van der Waals surface area contributed by atoms with Crippen molar-refractivity contribution in [3.05, 3.63) is 24.0 Å². The summed E-state index contributed by atoms with van der Waals surface area (Å²) in [5.41, 5.74) is 1.16. The Kier molecular flexibility index (Phi) is 13.7. The Morgan fingerprint density at radius 3 is 2.11 bits per heavy atom. The van der Waals surface area contributed by atoms with Crippen LogP contribution in [0.1, 0.15) is 5.56 Å². The third kappa shape index (κ3) is 5.64. The fraction of sp³-hybridized carbons (Fsp3) is 0.200. The molecule has 1 nitrogen and oxygen atoms in total. The predicted molar refractivity (Wildman–Crippen MR) is 24.4 cm³/mol. The molecule has 0 unspecified atom stereocenters. The molecular weight excluding hydrogens is 215 g/mol. The van der Waals surface area contributed by atoms with E-state index in [4.69, 9.17) is 0 Å². The van der Waals surface area contributed by atoms with Gasteiger partial charge < -0.3 is 14.4 Å². The number of hydrogen-bond donors (Lipinski definition) is 1. The Morgan fingerprint density at radius 2 is 2.00 bits per heavy atom. The molecule has 1 aromatic heterocycles. The average molecular weight is 221 g/mol. The molecule has 0 aliphatic heterocycles. The first kappa shape index (κ1) is 15.9. The summed E-state index contributed by atoms with van der Waals surface area (Å²) in [4.78, 5) is 2.80. The van der Waals surface area contributed by atoms with Gasteiger partial charge in [0, 0.05) is 0 Å². The molecule has 9 heavy (non-hydrogen) atoms. The number of halogens is 2. The van der Waals surface area contributed by atoms with E-state index in [9.17, 15) is 0 Å². The Balaban J connectivity index is -0.000000120. The summed E-state index contributed by atoms with van der Waals surface area (Å²) < 4.78 is 0. The smallest absolute Gasteiger partial charge is 1.00 e. The van der Waals surface area contributed by atoms with Gasteiger partial charge in [0.15, 0.2) is 0 Å². The van der Waals surface area contributed by atoms with E-state index in [1.165, 1.54) is 0 Å². The molecule has 0 aromatic carbocycles. The predicted octanol–water partition coefficient (Wildman–Crippen LogP) is -4.87. The monoisotopic (exact) mass is 221 g/mol. The van der Waals surface area contributed by atoms with Gasteiger partial charge in [-0.3, -0.25) is 0 Å². The van der Waals surface area contributed by atoms with Gasteiger partial charge >= 0.3 is 19.5 Å². The maximum atomic E-state index is 2.88. The minimum Gasteiger partial charge on any atom is -1.00 e. The number of nitrogens with one attached hydrogen (secondary N) is 1. The molecular formula is C5H6F2NRh.